The third kappa shape index (κ3) is 5.07. The van der Waals surface area contributed by atoms with E-state index in [-0.39, 0.29) is 17.7 Å². The molecule has 37 heavy (non-hydrogen) atoms. The first-order valence-corrected chi connectivity index (χ1v) is 13.2. The Morgan fingerprint density at radius 3 is 2.70 bits per heavy atom. The molecule has 0 aliphatic carbocycles. The van der Waals surface area contributed by atoms with E-state index in [1.54, 1.807) is 0 Å². The van der Waals surface area contributed by atoms with E-state index in [9.17, 15) is 4.79 Å². The van der Waals surface area contributed by atoms with Crippen molar-refractivity contribution in [3.8, 4) is 0 Å². The summed E-state index contributed by atoms with van der Waals surface area (Å²) in [6.07, 6.45) is 2.15. The summed E-state index contributed by atoms with van der Waals surface area (Å²) in [6, 6.07) is 18.3. The standard InChI is InChI=1S/C28H33N7O2/c1-20-7-5-10-22-17-24(28(36)29-25(20)22)26(27-30-31-32-35(27)19-23-11-6-16-37-23)34-14-12-33(13-15-34)18-21-8-3-2-4-9-21/h2-5,7-10,17,23,26H,6,11-16,18-19H2,1H3,(H,29,36)/t23-,26+/m1/s1. The number of fused-ring (bicyclic) bond motifs is 1. The zero-order valence-electron chi connectivity index (χ0n) is 21.2. The van der Waals surface area contributed by atoms with Crippen LogP contribution in [-0.4, -0.2) is 73.9 Å². The molecule has 2 aromatic heterocycles. The fourth-order valence-electron chi connectivity index (χ4n) is 5.64. The number of aromatic amines is 1. The quantitative estimate of drug-likeness (QED) is 0.418. The highest BCUT2D eigenvalue weighted by Gasteiger charge is 2.33. The Morgan fingerprint density at radius 1 is 1.08 bits per heavy atom. The zero-order valence-corrected chi connectivity index (χ0v) is 21.2. The number of benzene rings is 2. The lowest BCUT2D eigenvalue weighted by molar-refractivity contribution is 0.0840. The Morgan fingerprint density at radius 2 is 1.92 bits per heavy atom. The van der Waals surface area contributed by atoms with Gasteiger partial charge in [-0.3, -0.25) is 14.6 Å². The Hall–Kier alpha value is -3.40. The summed E-state index contributed by atoms with van der Waals surface area (Å²) in [5.74, 6) is 0.699. The third-order valence-corrected chi connectivity index (χ3v) is 7.64. The summed E-state index contributed by atoms with van der Waals surface area (Å²) in [5.41, 5.74) is 3.83. The van der Waals surface area contributed by atoms with Gasteiger partial charge in [0.2, 0.25) is 0 Å². The molecule has 0 amide bonds. The molecule has 9 nitrogen and oxygen atoms in total. The van der Waals surface area contributed by atoms with Crippen molar-refractivity contribution in [2.75, 3.05) is 32.8 Å². The van der Waals surface area contributed by atoms with Crippen molar-refractivity contribution < 1.29 is 4.74 Å². The van der Waals surface area contributed by atoms with E-state index in [1.165, 1.54) is 5.56 Å². The maximum atomic E-state index is 13.5. The molecular formula is C28H33N7O2. The molecule has 6 rings (SSSR count). The van der Waals surface area contributed by atoms with Gasteiger partial charge in [0.05, 0.1) is 18.2 Å². The van der Waals surface area contributed by atoms with Gasteiger partial charge in [0.25, 0.3) is 5.56 Å². The van der Waals surface area contributed by atoms with Crippen molar-refractivity contribution in [3.63, 3.8) is 0 Å². The van der Waals surface area contributed by atoms with Crippen molar-refractivity contribution in [2.24, 2.45) is 0 Å². The summed E-state index contributed by atoms with van der Waals surface area (Å²) in [5, 5.41) is 13.9. The number of hydrogen-bond acceptors (Lipinski definition) is 7. The Labute approximate surface area is 216 Å². The van der Waals surface area contributed by atoms with E-state index in [0.717, 1.165) is 68.6 Å². The molecule has 0 saturated carbocycles. The summed E-state index contributed by atoms with van der Waals surface area (Å²) in [6.45, 7) is 7.75. The molecular weight excluding hydrogens is 466 g/mol. The molecule has 2 atom stereocenters. The minimum atomic E-state index is -0.344. The van der Waals surface area contributed by atoms with E-state index in [2.05, 4.69) is 60.6 Å². The molecule has 0 unspecified atom stereocenters. The molecule has 0 spiro atoms. The van der Waals surface area contributed by atoms with Gasteiger partial charge in [-0.25, -0.2) is 4.68 Å². The van der Waals surface area contributed by atoms with Crippen molar-refractivity contribution >= 4 is 10.9 Å². The third-order valence-electron chi connectivity index (χ3n) is 7.64. The molecule has 2 aliphatic heterocycles. The number of nitrogens with zero attached hydrogens (tertiary/aromatic N) is 6. The van der Waals surface area contributed by atoms with Gasteiger partial charge >= 0.3 is 0 Å². The Bertz CT molecular complexity index is 1400. The smallest absolute Gasteiger partial charge is 0.253 e. The van der Waals surface area contributed by atoms with Gasteiger partial charge in [-0.05, 0) is 52.8 Å². The second-order valence-corrected chi connectivity index (χ2v) is 10.1. The van der Waals surface area contributed by atoms with Gasteiger partial charge in [-0.1, -0.05) is 48.5 Å². The van der Waals surface area contributed by atoms with Crippen LogP contribution in [0, 0.1) is 6.92 Å². The largest absolute Gasteiger partial charge is 0.376 e. The van der Waals surface area contributed by atoms with Crippen LogP contribution in [0.3, 0.4) is 0 Å². The number of ether oxygens (including phenoxy) is 1. The van der Waals surface area contributed by atoms with Crippen molar-refractivity contribution in [1.82, 2.24) is 35.0 Å². The SMILES string of the molecule is Cc1cccc2cc([C@@H](c3nnnn3C[C@H]3CCCO3)N3CCN(Cc4ccccc4)CC3)c(=O)[nH]c12. The summed E-state index contributed by atoms with van der Waals surface area (Å²) >= 11 is 0. The predicted octanol–water partition coefficient (Wildman–Crippen LogP) is 2.91. The normalized spacial score (nSPS) is 20.0. The number of rotatable bonds is 7. The van der Waals surface area contributed by atoms with Gasteiger partial charge in [0.1, 0.15) is 6.04 Å². The Balaban J connectivity index is 1.33. The summed E-state index contributed by atoms with van der Waals surface area (Å²) in [4.78, 5) is 21.5. The maximum absolute atomic E-state index is 13.5. The number of tetrazole rings is 1. The molecule has 2 aliphatic rings. The summed E-state index contributed by atoms with van der Waals surface area (Å²) in [7, 11) is 0. The number of pyridine rings is 1. The van der Waals surface area contributed by atoms with E-state index in [1.807, 2.05) is 35.9 Å². The second-order valence-electron chi connectivity index (χ2n) is 10.1. The minimum absolute atomic E-state index is 0.0924. The van der Waals surface area contributed by atoms with Gasteiger partial charge in [0, 0.05) is 44.9 Å². The monoisotopic (exact) mass is 499 g/mol. The van der Waals surface area contributed by atoms with E-state index >= 15 is 0 Å². The fraction of sp³-hybridized carbons (Fsp3) is 0.429. The number of H-pyrrole nitrogens is 1. The first-order valence-electron chi connectivity index (χ1n) is 13.2. The van der Waals surface area contributed by atoms with Crippen LogP contribution in [0.25, 0.3) is 10.9 Å². The lowest BCUT2D eigenvalue weighted by Crippen LogP contribution is -2.48. The van der Waals surface area contributed by atoms with Crippen molar-refractivity contribution in [1.29, 1.82) is 0 Å². The second kappa shape index (κ2) is 10.5. The van der Waals surface area contributed by atoms with Gasteiger partial charge in [-0.15, -0.1) is 5.10 Å². The number of hydrogen-bond donors (Lipinski definition) is 1. The lowest BCUT2D eigenvalue weighted by Gasteiger charge is -2.38. The fourth-order valence-corrected chi connectivity index (χ4v) is 5.64. The summed E-state index contributed by atoms with van der Waals surface area (Å²) < 4.78 is 7.72. The van der Waals surface area contributed by atoms with Crippen LogP contribution in [0.1, 0.15) is 41.4 Å². The Kier molecular flexibility index (Phi) is 6.82. The lowest BCUT2D eigenvalue weighted by atomic mass is 10.0. The minimum Gasteiger partial charge on any atom is -0.376 e. The molecule has 1 N–H and O–H groups in total. The molecule has 2 fully saturated rings. The first-order chi connectivity index (χ1) is 18.2. The molecule has 2 aromatic carbocycles. The molecule has 0 bridgehead atoms. The maximum Gasteiger partial charge on any atom is 0.253 e. The number of piperazine rings is 1. The van der Waals surface area contributed by atoms with Crippen LogP contribution < -0.4 is 5.56 Å². The van der Waals surface area contributed by atoms with E-state index in [4.69, 9.17) is 4.74 Å². The highest BCUT2D eigenvalue weighted by Crippen LogP contribution is 2.29. The zero-order chi connectivity index (χ0) is 25.2. The topological polar surface area (TPSA) is 92.2 Å². The average molecular weight is 500 g/mol. The van der Waals surface area contributed by atoms with E-state index in [0.29, 0.717) is 17.9 Å². The van der Waals surface area contributed by atoms with Gasteiger partial charge in [-0.2, -0.15) is 0 Å². The molecule has 9 heteroatoms. The molecule has 4 aromatic rings. The molecule has 4 heterocycles. The van der Waals surface area contributed by atoms with Crippen LogP contribution in [0.15, 0.2) is 59.4 Å². The highest BCUT2D eigenvalue weighted by molar-refractivity contribution is 5.82. The number of aromatic nitrogens is 5. The first kappa shape index (κ1) is 24.0. The molecule has 2 saturated heterocycles. The predicted molar refractivity (Wildman–Crippen MR) is 141 cm³/mol. The van der Waals surface area contributed by atoms with Gasteiger partial charge in [0.15, 0.2) is 5.82 Å². The number of para-hydroxylation sites is 1. The van der Waals surface area contributed by atoms with Crippen LogP contribution in [0.2, 0.25) is 0 Å². The number of aryl methyl sites for hydroxylation is 1. The van der Waals surface area contributed by atoms with Crippen molar-refractivity contribution in [2.45, 2.75) is 45.0 Å². The van der Waals surface area contributed by atoms with Crippen molar-refractivity contribution in [3.05, 3.63) is 87.5 Å². The molecule has 0 radical (unpaired) electrons. The van der Waals surface area contributed by atoms with E-state index < -0.39 is 0 Å². The van der Waals surface area contributed by atoms with Crippen LogP contribution in [0.4, 0.5) is 0 Å². The van der Waals surface area contributed by atoms with Crippen LogP contribution >= 0.6 is 0 Å². The highest BCUT2D eigenvalue weighted by atomic mass is 16.5. The average Bonchev–Trinajstić information content (AvgIpc) is 3.60. The molecule has 192 valence electrons. The number of nitrogens with one attached hydrogen (secondary N) is 1. The van der Waals surface area contributed by atoms with Crippen LogP contribution in [-0.2, 0) is 17.8 Å². The van der Waals surface area contributed by atoms with Gasteiger partial charge < -0.3 is 9.72 Å². The van der Waals surface area contributed by atoms with Crippen LogP contribution in [0.5, 0.6) is 0 Å².